The summed E-state index contributed by atoms with van der Waals surface area (Å²) in [6.07, 6.45) is 3.03. The first-order valence-corrected chi connectivity index (χ1v) is 8.01. The van der Waals surface area contributed by atoms with Crippen LogP contribution in [0.1, 0.15) is 25.0 Å². The molecule has 0 spiro atoms. The fourth-order valence-electron chi connectivity index (χ4n) is 2.01. The van der Waals surface area contributed by atoms with Gasteiger partial charge in [0.25, 0.3) is 0 Å². The monoisotopic (exact) mass is 411 g/mol. The van der Waals surface area contributed by atoms with Crippen LogP contribution in [-0.2, 0) is 9.53 Å². The number of rotatable bonds is 4. The van der Waals surface area contributed by atoms with Crippen LogP contribution in [0, 0.1) is 13.8 Å². The van der Waals surface area contributed by atoms with Crippen LogP contribution in [0.3, 0.4) is 0 Å². The lowest BCUT2D eigenvalue weighted by Gasteiger charge is -2.06. The van der Waals surface area contributed by atoms with Crippen molar-refractivity contribution in [2.24, 2.45) is 0 Å². The van der Waals surface area contributed by atoms with Gasteiger partial charge in [-0.15, -0.1) is 5.10 Å². The van der Waals surface area contributed by atoms with Crippen LogP contribution in [0.2, 0.25) is 0 Å². The van der Waals surface area contributed by atoms with Crippen molar-refractivity contribution >= 4 is 34.8 Å². The van der Waals surface area contributed by atoms with Crippen molar-refractivity contribution < 1.29 is 9.53 Å². The van der Waals surface area contributed by atoms with Crippen molar-refractivity contribution in [3.05, 3.63) is 39.2 Å². The van der Waals surface area contributed by atoms with Gasteiger partial charge in [0.15, 0.2) is 5.82 Å². The Kier molecular flexibility index (Phi) is 5.33. The minimum atomic E-state index is -0.362. The SMILES string of the molecule is Cc1cc(C)cc(-c2ncn(/C=C(\I)C(=O)OC(C)C)n2)c1. The van der Waals surface area contributed by atoms with Crippen LogP contribution in [0.25, 0.3) is 17.6 Å². The first kappa shape index (κ1) is 16.7. The Hall–Kier alpha value is -1.70. The molecular weight excluding hydrogens is 393 g/mol. The molecule has 5 nitrogen and oxygen atoms in total. The molecule has 0 saturated carbocycles. The number of aryl methyl sites for hydroxylation is 2. The lowest BCUT2D eigenvalue weighted by Crippen LogP contribution is -2.11. The molecule has 1 aromatic carbocycles. The highest BCUT2D eigenvalue weighted by molar-refractivity contribution is 14.1. The van der Waals surface area contributed by atoms with Crippen molar-refractivity contribution in [2.75, 3.05) is 0 Å². The topological polar surface area (TPSA) is 57.0 Å². The van der Waals surface area contributed by atoms with Gasteiger partial charge in [0.2, 0.25) is 0 Å². The highest BCUT2D eigenvalue weighted by atomic mass is 127. The van der Waals surface area contributed by atoms with Gasteiger partial charge in [-0.05, 0) is 62.4 Å². The molecule has 0 N–H and O–H groups in total. The normalized spacial score (nSPS) is 11.8. The molecule has 0 radical (unpaired) electrons. The third kappa shape index (κ3) is 4.40. The zero-order chi connectivity index (χ0) is 16.3. The van der Waals surface area contributed by atoms with E-state index in [1.807, 2.05) is 62.4 Å². The van der Waals surface area contributed by atoms with E-state index >= 15 is 0 Å². The molecule has 22 heavy (non-hydrogen) atoms. The van der Waals surface area contributed by atoms with Gasteiger partial charge in [0.05, 0.1) is 12.3 Å². The number of aromatic nitrogens is 3. The molecule has 2 rings (SSSR count). The number of carbonyl (C=O) groups is 1. The average Bonchev–Trinajstić information content (AvgIpc) is 2.85. The molecule has 1 aromatic heterocycles. The molecule has 116 valence electrons. The van der Waals surface area contributed by atoms with Crippen LogP contribution in [0.4, 0.5) is 0 Å². The smallest absolute Gasteiger partial charge is 0.346 e. The van der Waals surface area contributed by atoms with Crippen LogP contribution in [-0.4, -0.2) is 26.8 Å². The minimum absolute atomic E-state index is 0.146. The van der Waals surface area contributed by atoms with E-state index in [9.17, 15) is 4.79 Å². The number of benzene rings is 1. The summed E-state index contributed by atoms with van der Waals surface area (Å²) in [5.74, 6) is 0.267. The summed E-state index contributed by atoms with van der Waals surface area (Å²) in [6.45, 7) is 7.71. The maximum atomic E-state index is 11.8. The first-order chi connectivity index (χ1) is 10.3. The number of ether oxygens (including phenoxy) is 1. The first-order valence-electron chi connectivity index (χ1n) is 6.93. The van der Waals surface area contributed by atoms with Crippen molar-refractivity contribution in [3.63, 3.8) is 0 Å². The summed E-state index contributed by atoms with van der Waals surface area (Å²) in [5.41, 5.74) is 3.29. The Morgan fingerprint density at radius 1 is 1.27 bits per heavy atom. The van der Waals surface area contributed by atoms with Gasteiger partial charge in [-0.1, -0.05) is 17.2 Å². The molecule has 0 unspecified atom stereocenters. The number of carbonyl (C=O) groups excluding carboxylic acids is 1. The number of hydrogen-bond donors (Lipinski definition) is 0. The van der Waals surface area contributed by atoms with Crippen LogP contribution >= 0.6 is 22.6 Å². The summed E-state index contributed by atoms with van der Waals surface area (Å²) in [6, 6.07) is 6.17. The number of nitrogens with zero attached hydrogens (tertiary/aromatic N) is 3. The van der Waals surface area contributed by atoms with E-state index in [1.54, 1.807) is 12.5 Å². The van der Waals surface area contributed by atoms with Crippen molar-refractivity contribution in [3.8, 4) is 11.4 Å². The second-order valence-electron chi connectivity index (χ2n) is 5.36. The lowest BCUT2D eigenvalue weighted by atomic mass is 10.1. The molecular formula is C16H18IN3O2. The lowest BCUT2D eigenvalue weighted by molar-refractivity contribution is -0.141. The third-order valence-electron chi connectivity index (χ3n) is 2.77. The molecule has 0 aliphatic carbocycles. The quantitative estimate of drug-likeness (QED) is 0.437. The van der Waals surface area contributed by atoms with E-state index in [2.05, 4.69) is 16.1 Å². The van der Waals surface area contributed by atoms with Crippen LogP contribution < -0.4 is 0 Å². The van der Waals surface area contributed by atoms with Gasteiger partial charge in [0, 0.05) is 5.56 Å². The highest BCUT2D eigenvalue weighted by Crippen LogP contribution is 2.19. The van der Waals surface area contributed by atoms with Crippen molar-refractivity contribution in [2.45, 2.75) is 33.8 Å². The third-order valence-corrected chi connectivity index (χ3v) is 3.49. The molecule has 0 atom stereocenters. The van der Waals surface area contributed by atoms with Gasteiger partial charge in [0.1, 0.15) is 9.91 Å². The Morgan fingerprint density at radius 3 is 2.50 bits per heavy atom. The zero-order valence-corrected chi connectivity index (χ0v) is 15.2. The van der Waals surface area contributed by atoms with Crippen molar-refractivity contribution in [1.82, 2.24) is 14.8 Å². The fourth-order valence-corrected chi connectivity index (χ4v) is 2.42. The predicted molar refractivity (Wildman–Crippen MR) is 94.5 cm³/mol. The van der Waals surface area contributed by atoms with Crippen LogP contribution in [0.15, 0.2) is 28.1 Å². The van der Waals surface area contributed by atoms with E-state index in [1.165, 1.54) is 4.68 Å². The summed E-state index contributed by atoms with van der Waals surface area (Å²) in [5, 5.41) is 4.38. The van der Waals surface area contributed by atoms with Gasteiger partial charge < -0.3 is 4.74 Å². The molecule has 0 aliphatic heterocycles. The molecule has 0 bridgehead atoms. The van der Waals surface area contributed by atoms with Gasteiger partial charge in [-0.25, -0.2) is 14.5 Å². The van der Waals surface area contributed by atoms with Crippen LogP contribution in [0.5, 0.6) is 0 Å². The Labute approximate surface area is 143 Å². The summed E-state index contributed by atoms with van der Waals surface area (Å²) >= 11 is 1.94. The largest absolute Gasteiger partial charge is 0.459 e. The highest BCUT2D eigenvalue weighted by Gasteiger charge is 2.11. The average molecular weight is 411 g/mol. The van der Waals surface area contributed by atoms with Gasteiger partial charge in [-0.3, -0.25) is 0 Å². The summed E-state index contributed by atoms with van der Waals surface area (Å²) in [4.78, 5) is 16.1. The zero-order valence-electron chi connectivity index (χ0n) is 13.0. The van der Waals surface area contributed by atoms with E-state index in [0.29, 0.717) is 9.40 Å². The van der Waals surface area contributed by atoms with Gasteiger partial charge in [-0.2, -0.15) is 0 Å². The van der Waals surface area contributed by atoms with E-state index in [0.717, 1.165) is 16.7 Å². The Bertz CT molecular complexity index is 700. The number of halogens is 1. The van der Waals surface area contributed by atoms with E-state index in [4.69, 9.17) is 4.74 Å². The second kappa shape index (κ2) is 7.04. The maximum absolute atomic E-state index is 11.8. The molecule has 0 fully saturated rings. The molecule has 0 saturated heterocycles. The molecule has 0 aliphatic rings. The van der Waals surface area contributed by atoms with Crippen molar-refractivity contribution in [1.29, 1.82) is 0 Å². The molecule has 0 amide bonds. The molecule has 6 heteroatoms. The maximum Gasteiger partial charge on any atom is 0.346 e. The Balaban J connectivity index is 2.22. The van der Waals surface area contributed by atoms with E-state index < -0.39 is 0 Å². The fraction of sp³-hybridized carbons (Fsp3) is 0.312. The summed E-state index contributed by atoms with van der Waals surface area (Å²) < 4.78 is 7.10. The Morgan fingerprint density at radius 2 is 1.91 bits per heavy atom. The standard InChI is InChI=1S/C16H18IN3O2/c1-10(2)22-16(21)14(17)8-20-9-18-15(19-20)13-6-11(3)5-12(4)7-13/h5-10H,1-4H3/b14-8-. The minimum Gasteiger partial charge on any atom is -0.459 e. The van der Waals surface area contributed by atoms with Gasteiger partial charge >= 0.3 is 5.97 Å². The predicted octanol–water partition coefficient (Wildman–Crippen LogP) is 3.75. The number of hydrogen-bond acceptors (Lipinski definition) is 4. The number of esters is 1. The second-order valence-corrected chi connectivity index (χ2v) is 6.52. The van der Waals surface area contributed by atoms with E-state index in [-0.39, 0.29) is 12.1 Å². The molecule has 2 aromatic rings. The summed E-state index contributed by atoms with van der Waals surface area (Å²) in [7, 11) is 0. The molecule has 1 heterocycles.